The van der Waals surface area contributed by atoms with Crippen LogP contribution in [0.1, 0.15) is 42.2 Å². The fourth-order valence-corrected chi connectivity index (χ4v) is 5.13. The smallest absolute Gasteiger partial charge is 0.247 e. The SMILES string of the molecule is CCNC(=NCc1ccc(CN2CCCCC2)cc1)NCc1ccc(S(N)(=O)=O)s1.I. The van der Waals surface area contributed by atoms with Crippen LogP contribution >= 0.6 is 35.3 Å². The molecule has 172 valence electrons. The highest BCUT2D eigenvalue weighted by atomic mass is 127. The van der Waals surface area contributed by atoms with Crippen LogP contribution in [0.4, 0.5) is 0 Å². The molecule has 3 rings (SSSR count). The Morgan fingerprint density at radius 3 is 2.35 bits per heavy atom. The Balaban J connectivity index is 0.00000341. The Morgan fingerprint density at radius 2 is 1.74 bits per heavy atom. The number of sulfonamides is 1. The van der Waals surface area contributed by atoms with E-state index in [9.17, 15) is 8.42 Å². The fourth-order valence-electron chi connectivity index (χ4n) is 3.41. The van der Waals surface area contributed by atoms with E-state index in [4.69, 9.17) is 5.14 Å². The van der Waals surface area contributed by atoms with Crippen molar-refractivity contribution in [2.24, 2.45) is 10.1 Å². The van der Waals surface area contributed by atoms with Crippen molar-refractivity contribution in [3.63, 3.8) is 0 Å². The van der Waals surface area contributed by atoms with Crippen LogP contribution < -0.4 is 15.8 Å². The Labute approximate surface area is 206 Å². The average Bonchev–Trinajstić information content (AvgIpc) is 3.22. The standard InChI is InChI=1S/C21H31N5O2S2.HI/c1-2-23-21(25-15-19-10-11-20(29-19)30(22,27)28)24-14-17-6-8-18(9-7-17)16-26-12-4-3-5-13-26;/h6-11H,2-5,12-16H2,1H3,(H2,22,27,28)(H2,23,24,25);1H. The normalized spacial score (nSPS) is 15.4. The first-order valence-electron chi connectivity index (χ1n) is 10.4. The number of thiophene rings is 1. The summed E-state index contributed by atoms with van der Waals surface area (Å²) >= 11 is 1.17. The number of nitrogens with one attached hydrogen (secondary N) is 2. The lowest BCUT2D eigenvalue weighted by Crippen LogP contribution is -2.36. The third-order valence-electron chi connectivity index (χ3n) is 4.99. The Kier molecular flexibility index (Phi) is 10.7. The van der Waals surface area contributed by atoms with E-state index in [1.807, 2.05) is 6.92 Å². The zero-order chi connectivity index (χ0) is 21.4. The molecule has 1 aliphatic heterocycles. The van der Waals surface area contributed by atoms with Crippen molar-refractivity contribution in [3.05, 3.63) is 52.4 Å². The first-order chi connectivity index (χ1) is 14.4. The molecule has 0 spiro atoms. The van der Waals surface area contributed by atoms with Crippen LogP contribution in [0.25, 0.3) is 0 Å². The van der Waals surface area contributed by atoms with Crippen molar-refractivity contribution in [1.29, 1.82) is 0 Å². The molecule has 7 nitrogen and oxygen atoms in total. The Bertz CT molecular complexity index is 939. The number of benzene rings is 1. The third-order valence-corrected chi connectivity index (χ3v) is 7.51. The molecular formula is C21H32IN5O2S2. The van der Waals surface area contributed by atoms with Crippen LogP contribution in [0.3, 0.4) is 0 Å². The molecule has 31 heavy (non-hydrogen) atoms. The van der Waals surface area contributed by atoms with Crippen molar-refractivity contribution in [1.82, 2.24) is 15.5 Å². The summed E-state index contributed by atoms with van der Waals surface area (Å²) in [4.78, 5) is 8.05. The first kappa shape index (κ1) is 26.0. The van der Waals surface area contributed by atoms with E-state index in [1.165, 1.54) is 55.3 Å². The fraction of sp³-hybridized carbons (Fsp3) is 0.476. The van der Waals surface area contributed by atoms with Crippen molar-refractivity contribution in [3.8, 4) is 0 Å². The molecule has 0 unspecified atom stereocenters. The second kappa shape index (κ2) is 12.7. The maximum absolute atomic E-state index is 11.4. The number of primary sulfonamides is 1. The van der Waals surface area contributed by atoms with Crippen molar-refractivity contribution in [2.45, 2.75) is 50.0 Å². The van der Waals surface area contributed by atoms with E-state index >= 15 is 0 Å². The summed E-state index contributed by atoms with van der Waals surface area (Å²) in [7, 11) is -3.65. The van der Waals surface area contributed by atoms with E-state index in [0.29, 0.717) is 19.0 Å². The number of nitrogens with zero attached hydrogens (tertiary/aromatic N) is 2. The van der Waals surface area contributed by atoms with Crippen molar-refractivity contribution < 1.29 is 8.42 Å². The lowest BCUT2D eigenvalue weighted by Gasteiger charge is -2.26. The van der Waals surface area contributed by atoms with E-state index in [1.54, 1.807) is 6.07 Å². The van der Waals surface area contributed by atoms with Crippen LogP contribution in [0.5, 0.6) is 0 Å². The van der Waals surface area contributed by atoms with Crippen LogP contribution in [-0.2, 0) is 29.7 Å². The minimum absolute atomic E-state index is 0. The van der Waals surface area contributed by atoms with Gasteiger partial charge >= 0.3 is 0 Å². The molecule has 1 aromatic heterocycles. The summed E-state index contributed by atoms with van der Waals surface area (Å²) in [6.07, 6.45) is 3.97. The number of piperidine rings is 1. The van der Waals surface area contributed by atoms with Crippen LogP contribution in [0.2, 0.25) is 0 Å². The summed E-state index contributed by atoms with van der Waals surface area (Å²) in [5, 5.41) is 11.6. The number of nitrogens with two attached hydrogens (primary N) is 1. The molecule has 2 aromatic rings. The average molecular weight is 578 g/mol. The van der Waals surface area contributed by atoms with E-state index < -0.39 is 10.0 Å². The molecule has 0 atom stereocenters. The summed E-state index contributed by atoms with van der Waals surface area (Å²) in [6, 6.07) is 12.0. The summed E-state index contributed by atoms with van der Waals surface area (Å²) in [5.41, 5.74) is 2.50. The van der Waals surface area contributed by atoms with Gasteiger partial charge in [-0.2, -0.15) is 0 Å². The van der Waals surface area contributed by atoms with Crippen LogP contribution in [0.15, 0.2) is 45.6 Å². The molecule has 2 heterocycles. The number of hydrogen-bond donors (Lipinski definition) is 3. The second-order valence-corrected chi connectivity index (χ2v) is 10.4. The van der Waals surface area contributed by atoms with Crippen molar-refractivity contribution >= 4 is 51.3 Å². The van der Waals surface area contributed by atoms with Crippen LogP contribution in [0, 0.1) is 0 Å². The van der Waals surface area contributed by atoms with Crippen molar-refractivity contribution in [2.75, 3.05) is 19.6 Å². The van der Waals surface area contributed by atoms with Gasteiger partial charge in [-0.05, 0) is 56.1 Å². The van der Waals surface area contributed by atoms with Gasteiger partial charge in [-0.15, -0.1) is 35.3 Å². The van der Waals surface area contributed by atoms with Crippen LogP contribution in [-0.4, -0.2) is 38.9 Å². The van der Waals surface area contributed by atoms with E-state index in [0.717, 1.165) is 23.5 Å². The number of guanidine groups is 1. The molecule has 1 fully saturated rings. The number of rotatable bonds is 8. The maximum atomic E-state index is 11.4. The molecule has 0 aliphatic carbocycles. The molecule has 0 saturated carbocycles. The topological polar surface area (TPSA) is 99.8 Å². The number of hydrogen-bond acceptors (Lipinski definition) is 5. The van der Waals surface area contributed by atoms with Gasteiger partial charge in [0, 0.05) is 18.0 Å². The van der Waals surface area contributed by atoms with Gasteiger partial charge in [-0.3, -0.25) is 4.90 Å². The van der Waals surface area contributed by atoms with E-state index in [-0.39, 0.29) is 28.2 Å². The highest BCUT2D eigenvalue weighted by molar-refractivity contribution is 14.0. The lowest BCUT2D eigenvalue weighted by atomic mass is 10.1. The molecule has 4 N–H and O–H groups in total. The second-order valence-electron chi connectivity index (χ2n) is 7.47. The number of aliphatic imine (C=N–C) groups is 1. The monoisotopic (exact) mass is 577 g/mol. The van der Waals surface area contributed by atoms with Gasteiger partial charge in [-0.25, -0.2) is 18.5 Å². The zero-order valence-electron chi connectivity index (χ0n) is 17.8. The molecule has 0 bridgehead atoms. The number of likely N-dealkylation sites (tertiary alicyclic amines) is 1. The first-order valence-corrected chi connectivity index (χ1v) is 12.7. The Morgan fingerprint density at radius 1 is 1.06 bits per heavy atom. The van der Waals surface area contributed by atoms with Gasteiger partial charge in [0.1, 0.15) is 4.21 Å². The minimum Gasteiger partial charge on any atom is -0.357 e. The Hall–Kier alpha value is -1.21. The largest absolute Gasteiger partial charge is 0.357 e. The molecule has 1 aliphatic rings. The lowest BCUT2D eigenvalue weighted by molar-refractivity contribution is 0.221. The number of halogens is 1. The third kappa shape index (κ3) is 8.68. The van der Waals surface area contributed by atoms with E-state index in [2.05, 4.69) is 44.8 Å². The highest BCUT2D eigenvalue weighted by Gasteiger charge is 2.12. The molecule has 1 saturated heterocycles. The molecule has 10 heteroatoms. The predicted octanol–water partition coefficient (Wildman–Crippen LogP) is 3.25. The quantitative estimate of drug-likeness (QED) is 0.254. The van der Waals surface area contributed by atoms with Gasteiger partial charge in [0.2, 0.25) is 10.0 Å². The van der Waals surface area contributed by atoms with Gasteiger partial charge in [0.05, 0.1) is 13.1 Å². The molecule has 0 radical (unpaired) electrons. The molecule has 1 aromatic carbocycles. The van der Waals surface area contributed by atoms with Gasteiger partial charge in [0.25, 0.3) is 0 Å². The summed E-state index contributed by atoms with van der Waals surface area (Å²) in [5.74, 6) is 0.695. The van der Waals surface area contributed by atoms with Gasteiger partial charge in [-0.1, -0.05) is 30.7 Å². The zero-order valence-corrected chi connectivity index (χ0v) is 21.8. The minimum atomic E-state index is -3.65. The molecule has 0 amide bonds. The summed E-state index contributed by atoms with van der Waals surface area (Å²) < 4.78 is 23.0. The molecular weight excluding hydrogens is 545 g/mol. The summed E-state index contributed by atoms with van der Waals surface area (Å²) in [6.45, 7) is 7.24. The highest BCUT2D eigenvalue weighted by Crippen LogP contribution is 2.20. The maximum Gasteiger partial charge on any atom is 0.247 e. The van der Waals surface area contributed by atoms with Gasteiger partial charge in [0.15, 0.2) is 5.96 Å². The predicted molar refractivity (Wildman–Crippen MR) is 138 cm³/mol. The van der Waals surface area contributed by atoms with Gasteiger partial charge < -0.3 is 10.6 Å².